The quantitative estimate of drug-likeness (QED) is 0.233. The number of likely N-dealkylation sites (tertiary alicyclic amines) is 1. The van der Waals surface area contributed by atoms with Gasteiger partial charge in [0.2, 0.25) is 5.91 Å². The van der Waals surface area contributed by atoms with Crippen molar-refractivity contribution in [2.24, 2.45) is 0 Å². The van der Waals surface area contributed by atoms with E-state index in [0.717, 1.165) is 30.6 Å². The number of methoxy groups -OCH3 is 1. The van der Waals surface area contributed by atoms with Crippen LogP contribution in [0.25, 0.3) is 16.5 Å². The van der Waals surface area contributed by atoms with Crippen LogP contribution in [0.3, 0.4) is 0 Å². The van der Waals surface area contributed by atoms with Crippen molar-refractivity contribution in [2.45, 2.75) is 12.8 Å². The van der Waals surface area contributed by atoms with E-state index < -0.39 is 5.97 Å². The topological polar surface area (TPSA) is 90.2 Å². The van der Waals surface area contributed by atoms with Gasteiger partial charge in [0.1, 0.15) is 23.7 Å². The Morgan fingerprint density at radius 3 is 2.58 bits per heavy atom. The summed E-state index contributed by atoms with van der Waals surface area (Å²) in [7, 11) is 1.34. The van der Waals surface area contributed by atoms with Gasteiger partial charge in [0.05, 0.1) is 32.4 Å². The molecule has 1 aromatic heterocycles. The summed E-state index contributed by atoms with van der Waals surface area (Å²) in [6.07, 6.45) is 4.01. The van der Waals surface area contributed by atoms with Gasteiger partial charge in [-0.2, -0.15) is 0 Å². The Morgan fingerprint density at radius 2 is 1.83 bits per heavy atom. The minimum atomic E-state index is -0.402. The molecular formula is C28H32N2O6. The number of amides is 1. The Morgan fingerprint density at radius 1 is 1.06 bits per heavy atom. The maximum Gasteiger partial charge on any atom is 0.337 e. The SMILES string of the molecule is COC(=O)c1ccc(OCCNC(=O)C=C(COCCN2CCCC2)c2cc3ccccc3o2)cc1. The van der Waals surface area contributed by atoms with E-state index in [0.29, 0.717) is 35.8 Å². The number of para-hydroxylation sites is 1. The van der Waals surface area contributed by atoms with Crippen molar-refractivity contribution in [2.75, 3.05) is 53.1 Å². The first-order chi connectivity index (χ1) is 17.6. The molecule has 0 bridgehead atoms. The molecule has 4 rings (SSSR count). The van der Waals surface area contributed by atoms with Gasteiger partial charge in [-0.05, 0) is 62.3 Å². The highest BCUT2D eigenvalue weighted by Gasteiger charge is 2.14. The summed E-state index contributed by atoms with van der Waals surface area (Å²) in [6.45, 7) is 4.61. The van der Waals surface area contributed by atoms with E-state index in [1.807, 2.05) is 30.3 Å². The van der Waals surface area contributed by atoms with E-state index in [2.05, 4.69) is 15.0 Å². The molecule has 0 spiro atoms. The van der Waals surface area contributed by atoms with Crippen molar-refractivity contribution in [1.82, 2.24) is 10.2 Å². The molecule has 1 N–H and O–H groups in total. The molecule has 8 nitrogen and oxygen atoms in total. The van der Waals surface area contributed by atoms with Gasteiger partial charge >= 0.3 is 5.97 Å². The summed E-state index contributed by atoms with van der Waals surface area (Å²) in [5, 5.41) is 3.82. The fourth-order valence-corrected chi connectivity index (χ4v) is 4.06. The minimum absolute atomic E-state index is 0.252. The number of fused-ring (bicyclic) bond motifs is 1. The summed E-state index contributed by atoms with van der Waals surface area (Å²) in [5.41, 5.74) is 1.90. The predicted octanol–water partition coefficient (Wildman–Crippen LogP) is 3.91. The fraction of sp³-hybridized carbons (Fsp3) is 0.357. The summed E-state index contributed by atoms with van der Waals surface area (Å²) >= 11 is 0. The standard InChI is InChI=1S/C28H32N2O6/c1-33-28(32)21-8-10-24(11-9-21)35-16-12-29-27(31)19-23(20-34-17-15-30-13-4-5-14-30)26-18-22-6-2-3-7-25(22)36-26/h2-3,6-11,18-19H,4-5,12-17,20H2,1H3,(H,29,31). The molecule has 1 aliphatic rings. The van der Waals surface area contributed by atoms with E-state index >= 15 is 0 Å². The lowest BCUT2D eigenvalue weighted by Gasteiger charge is -2.14. The van der Waals surface area contributed by atoms with Crippen LogP contribution in [-0.2, 0) is 14.3 Å². The number of carbonyl (C=O) groups is 2. The molecule has 2 heterocycles. The van der Waals surface area contributed by atoms with Crippen LogP contribution >= 0.6 is 0 Å². The van der Waals surface area contributed by atoms with Crippen LogP contribution in [0.15, 0.2) is 65.1 Å². The third-order valence-corrected chi connectivity index (χ3v) is 6.00. The van der Waals surface area contributed by atoms with Crippen LogP contribution in [0, 0.1) is 0 Å². The molecule has 0 radical (unpaired) electrons. The van der Waals surface area contributed by atoms with Gasteiger partial charge in [-0.1, -0.05) is 18.2 Å². The summed E-state index contributed by atoms with van der Waals surface area (Å²) in [6, 6.07) is 16.3. The molecule has 0 saturated carbocycles. The van der Waals surface area contributed by atoms with Gasteiger partial charge in [-0.25, -0.2) is 4.79 Å². The Hall–Kier alpha value is -3.62. The van der Waals surface area contributed by atoms with Gasteiger partial charge in [0, 0.05) is 23.6 Å². The number of rotatable bonds is 12. The number of ether oxygens (including phenoxy) is 3. The molecule has 0 atom stereocenters. The third-order valence-electron chi connectivity index (χ3n) is 6.00. The zero-order valence-electron chi connectivity index (χ0n) is 20.5. The smallest absolute Gasteiger partial charge is 0.337 e. The molecule has 1 amide bonds. The van der Waals surface area contributed by atoms with Crippen molar-refractivity contribution >= 4 is 28.4 Å². The van der Waals surface area contributed by atoms with Crippen LogP contribution in [0.1, 0.15) is 29.0 Å². The van der Waals surface area contributed by atoms with E-state index in [-0.39, 0.29) is 19.1 Å². The lowest BCUT2D eigenvalue weighted by Crippen LogP contribution is -2.27. The van der Waals surface area contributed by atoms with E-state index in [1.54, 1.807) is 24.3 Å². The van der Waals surface area contributed by atoms with Gasteiger partial charge in [-0.3, -0.25) is 4.79 Å². The summed E-state index contributed by atoms with van der Waals surface area (Å²) < 4.78 is 22.2. The van der Waals surface area contributed by atoms with Gasteiger partial charge < -0.3 is 28.8 Å². The van der Waals surface area contributed by atoms with Crippen LogP contribution in [0.4, 0.5) is 0 Å². The Labute approximate surface area is 210 Å². The normalized spacial score (nSPS) is 14.2. The molecule has 8 heteroatoms. The van der Waals surface area contributed by atoms with Crippen LogP contribution < -0.4 is 10.1 Å². The van der Waals surface area contributed by atoms with Crippen molar-refractivity contribution in [3.63, 3.8) is 0 Å². The average molecular weight is 493 g/mol. The lowest BCUT2D eigenvalue weighted by atomic mass is 10.1. The molecule has 1 fully saturated rings. The van der Waals surface area contributed by atoms with E-state index in [9.17, 15) is 9.59 Å². The number of nitrogens with zero attached hydrogens (tertiary/aromatic N) is 1. The Kier molecular flexibility index (Phi) is 9.13. The largest absolute Gasteiger partial charge is 0.492 e. The molecule has 36 heavy (non-hydrogen) atoms. The second-order valence-electron chi connectivity index (χ2n) is 8.57. The van der Waals surface area contributed by atoms with Crippen molar-refractivity contribution in [1.29, 1.82) is 0 Å². The number of benzene rings is 2. The second-order valence-corrected chi connectivity index (χ2v) is 8.57. The third kappa shape index (κ3) is 7.19. The Bertz CT molecular complexity index is 1150. The highest BCUT2D eigenvalue weighted by atomic mass is 16.5. The maximum absolute atomic E-state index is 12.6. The zero-order valence-corrected chi connectivity index (χ0v) is 20.5. The second kappa shape index (κ2) is 12.9. The van der Waals surface area contributed by atoms with Crippen molar-refractivity contribution in [3.05, 3.63) is 72.0 Å². The first kappa shape index (κ1) is 25.5. The summed E-state index contributed by atoms with van der Waals surface area (Å²) in [5.74, 6) is 0.565. The van der Waals surface area contributed by atoms with E-state index in [4.69, 9.17) is 13.9 Å². The molecule has 3 aromatic rings. The van der Waals surface area contributed by atoms with Crippen molar-refractivity contribution in [3.8, 4) is 5.75 Å². The molecule has 0 unspecified atom stereocenters. The van der Waals surface area contributed by atoms with Crippen molar-refractivity contribution < 1.29 is 28.2 Å². The molecule has 0 aliphatic carbocycles. The van der Waals surface area contributed by atoms with Crippen LogP contribution in [0.5, 0.6) is 5.75 Å². The highest BCUT2D eigenvalue weighted by Crippen LogP contribution is 2.25. The predicted molar refractivity (Wildman–Crippen MR) is 137 cm³/mol. The first-order valence-electron chi connectivity index (χ1n) is 12.2. The minimum Gasteiger partial charge on any atom is -0.492 e. The first-order valence-corrected chi connectivity index (χ1v) is 12.2. The number of esters is 1. The average Bonchev–Trinajstić information content (AvgIpc) is 3.58. The molecule has 1 saturated heterocycles. The fourth-order valence-electron chi connectivity index (χ4n) is 4.06. The number of nitrogens with one attached hydrogen (secondary N) is 1. The van der Waals surface area contributed by atoms with Crippen LogP contribution in [-0.4, -0.2) is 69.9 Å². The van der Waals surface area contributed by atoms with E-state index in [1.165, 1.54) is 26.0 Å². The van der Waals surface area contributed by atoms with Gasteiger partial charge in [0.25, 0.3) is 0 Å². The molecule has 2 aromatic carbocycles. The maximum atomic E-state index is 12.6. The number of hydrogen-bond acceptors (Lipinski definition) is 7. The number of hydrogen-bond donors (Lipinski definition) is 1. The highest BCUT2D eigenvalue weighted by molar-refractivity contribution is 5.96. The number of furan rings is 1. The molecule has 1 aliphatic heterocycles. The zero-order chi connectivity index (χ0) is 25.2. The van der Waals surface area contributed by atoms with Crippen LogP contribution in [0.2, 0.25) is 0 Å². The molecule has 190 valence electrons. The lowest BCUT2D eigenvalue weighted by molar-refractivity contribution is -0.116. The summed E-state index contributed by atoms with van der Waals surface area (Å²) in [4.78, 5) is 26.5. The van der Waals surface area contributed by atoms with Gasteiger partial charge in [0.15, 0.2) is 0 Å². The monoisotopic (exact) mass is 492 g/mol. The van der Waals surface area contributed by atoms with Gasteiger partial charge in [-0.15, -0.1) is 0 Å². The molecular weight excluding hydrogens is 460 g/mol. The number of carbonyl (C=O) groups excluding carboxylic acids is 2. The Balaban J connectivity index is 1.31.